The molecule has 0 aliphatic carbocycles. The topological polar surface area (TPSA) is 45.1 Å². The summed E-state index contributed by atoms with van der Waals surface area (Å²) in [5, 5.41) is 12.5. The molecule has 4 nitrogen and oxygen atoms in total. The molecule has 238 valence electrons. The van der Waals surface area contributed by atoms with Crippen LogP contribution in [-0.2, 0) is 23.2 Å². The summed E-state index contributed by atoms with van der Waals surface area (Å²) in [6.07, 6.45) is 0. The van der Waals surface area contributed by atoms with Crippen LogP contribution in [-0.4, -0.2) is 29.1 Å². The second-order valence-electron chi connectivity index (χ2n) is 12.6. The van der Waals surface area contributed by atoms with Crippen LogP contribution in [0.15, 0.2) is 169 Å². The van der Waals surface area contributed by atoms with E-state index in [0.29, 0.717) is 32.0 Å². The summed E-state index contributed by atoms with van der Waals surface area (Å²) >= 11 is 0. The van der Waals surface area contributed by atoms with Crippen molar-refractivity contribution in [1.29, 1.82) is 0 Å². The highest BCUT2D eigenvalue weighted by Gasteiger charge is 2.41. The first-order chi connectivity index (χ1) is 23.6. The fraction of sp³-hybridized carbons (Fsp3) is 0.159. The molecule has 0 fully saturated rings. The lowest BCUT2D eigenvalue weighted by molar-refractivity contribution is 0.251. The van der Waals surface area contributed by atoms with Crippen molar-refractivity contribution in [1.82, 2.24) is 4.90 Å². The fourth-order valence-corrected chi connectivity index (χ4v) is 7.09. The largest absolute Gasteiger partial charge is 0.507 e. The van der Waals surface area contributed by atoms with Gasteiger partial charge in [-0.05, 0) is 34.7 Å². The number of hydrogen-bond acceptors (Lipinski definition) is 4. The summed E-state index contributed by atoms with van der Waals surface area (Å²) in [7, 11) is 0. The van der Waals surface area contributed by atoms with Gasteiger partial charge in [0.1, 0.15) is 18.4 Å². The first-order valence-electron chi connectivity index (χ1n) is 16.6. The summed E-state index contributed by atoms with van der Waals surface area (Å²) < 4.78 is 6.18. The van der Waals surface area contributed by atoms with Gasteiger partial charge in [-0.1, -0.05) is 169 Å². The number of phenolic OH excluding ortho intramolecular Hbond substituents is 1. The van der Waals surface area contributed by atoms with Crippen LogP contribution in [0.25, 0.3) is 0 Å². The van der Waals surface area contributed by atoms with E-state index in [0.717, 1.165) is 44.8 Å². The summed E-state index contributed by atoms with van der Waals surface area (Å²) in [6.45, 7) is 4.38. The van der Waals surface area contributed by atoms with E-state index in [-0.39, 0.29) is 6.04 Å². The van der Waals surface area contributed by atoms with Crippen LogP contribution in [0, 0.1) is 6.92 Å². The maximum atomic E-state index is 12.5. The molecule has 0 unspecified atom stereocenters. The Hall–Kier alpha value is -5.45. The Balaban J connectivity index is 1.33. The van der Waals surface area contributed by atoms with Crippen molar-refractivity contribution in [3.63, 3.8) is 0 Å². The molecule has 6 aromatic rings. The average molecular weight is 629 g/mol. The number of ether oxygens (including phenoxy) is 1. The third-order valence-corrected chi connectivity index (χ3v) is 9.25. The highest BCUT2D eigenvalue weighted by Crippen LogP contribution is 2.49. The predicted octanol–water partition coefficient (Wildman–Crippen LogP) is 9.26. The Bertz CT molecular complexity index is 1860. The van der Waals surface area contributed by atoms with Gasteiger partial charge in [-0.25, -0.2) is 4.99 Å². The molecule has 0 bridgehead atoms. The fourth-order valence-electron chi connectivity index (χ4n) is 7.09. The molecule has 1 aliphatic rings. The van der Waals surface area contributed by atoms with Gasteiger partial charge < -0.3 is 9.84 Å². The number of rotatable bonds is 11. The molecule has 48 heavy (non-hydrogen) atoms. The molecular formula is C44H40N2O2. The Morgan fingerprint density at radius 3 is 1.69 bits per heavy atom. The van der Waals surface area contributed by atoms with E-state index in [1.54, 1.807) is 0 Å². The monoisotopic (exact) mass is 628 g/mol. The van der Waals surface area contributed by atoms with Crippen molar-refractivity contribution in [2.45, 2.75) is 31.5 Å². The van der Waals surface area contributed by atoms with Gasteiger partial charge in [-0.15, -0.1) is 0 Å². The molecule has 0 saturated heterocycles. The van der Waals surface area contributed by atoms with E-state index in [1.165, 1.54) is 5.56 Å². The third-order valence-electron chi connectivity index (χ3n) is 9.25. The molecule has 0 radical (unpaired) electrons. The van der Waals surface area contributed by atoms with Crippen LogP contribution in [0.3, 0.4) is 0 Å². The minimum absolute atomic E-state index is 0.0121. The number of phenols is 1. The van der Waals surface area contributed by atoms with Gasteiger partial charge in [0, 0.05) is 24.2 Å². The van der Waals surface area contributed by atoms with E-state index in [9.17, 15) is 5.11 Å². The number of aliphatic imine (C=N–C) groups is 1. The van der Waals surface area contributed by atoms with E-state index < -0.39 is 5.41 Å². The molecule has 0 spiro atoms. The van der Waals surface area contributed by atoms with E-state index in [2.05, 4.69) is 133 Å². The maximum Gasteiger partial charge on any atom is 0.198 e. The number of nitrogens with zero attached hydrogens (tertiary/aromatic N) is 2. The molecule has 1 atom stereocenters. The van der Waals surface area contributed by atoms with Crippen LogP contribution in [0.4, 0.5) is 0 Å². The lowest BCUT2D eigenvalue weighted by Gasteiger charge is -2.38. The standard InChI is InChI=1S/C44H40N2O2/c1-33-27-36(30-46(29-34-17-7-2-8-18-34)31-42-45-41(32-48-42)35-19-9-3-10-20-35)43(47)40(28-33)44(37-21-11-4-12-22-37,38-23-13-5-14-24-38)39-25-15-6-16-26-39/h2-28,41,47H,29-32H2,1H3/t41-/m0/s1. The van der Waals surface area contributed by atoms with Crippen LogP contribution in [0.5, 0.6) is 5.75 Å². The Morgan fingerprint density at radius 2 is 1.15 bits per heavy atom. The zero-order valence-electron chi connectivity index (χ0n) is 27.2. The van der Waals surface area contributed by atoms with Crippen molar-refractivity contribution in [3.8, 4) is 5.75 Å². The first kappa shape index (κ1) is 31.2. The number of aromatic hydroxyl groups is 1. The van der Waals surface area contributed by atoms with Crippen LogP contribution in [0.2, 0.25) is 0 Å². The summed E-state index contributed by atoms with van der Waals surface area (Å²) in [6, 6.07) is 56.7. The second kappa shape index (κ2) is 14.1. The predicted molar refractivity (Wildman–Crippen MR) is 194 cm³/mol. The van der Waals surface area contributed by atoms with Gasteiger partial charge in [0.2, 0.25) is 0 Å². The van der Waals surface area contributed by atoms with Gasteiger partial charge in [0.05, 0.1) is 12.0 Å². The lowest BCUT2D eigenvalue weighted by atomic mass is 9.64. The average Bonchev–Trinajstić information content (AvgIpc) is 3.61. The summed E-state index contributed by atoms with van der Waals surface area (Å²) in [4.78, 5) is 7.30. The van der Waals surface area contributed by atoms with Crippen LogP contribution >= 0.6 is 0 Å². The second-order valence-corrected chi connectivity index (χ2v) is 12.6. The molecule has 0 amide bonds. The molecule has 0 aromatic heterocycles. The maximum absolute atomic E-state index is 12.5. The number of benzene rings is 6. The molecule has 7 rings (SSSR count). The van der Waals surface area contributed by atoms with Crippen LogP contribution < -0.4 is 0 Å². The van der Waals surface area contributed by atoms with Crippen molar-refractivity contribution < 1.29 is 9.84 Å². The van der Waals surface area contributed by atoms with E-state index in [4.69, 9.17) is 9.73 Å². The summed E-state index contributed by atoms with van der Waals surface area (Å²) in [5.74, 6) is 1.02. The van der Waals surface area contributed by atoms with Gasteiger partial charge in [0.15, 0.2) is 5.90 Å². The van der Waals surface area contributed by atoms with E-state index in [1.807, 2.05) is 42.5 Å². The number of aryl methyl sites for hydroxylation is 1. The lowest BCUT2D eigenvalue weighted by Crippen LogP contribution is -2.32. The third kappa shape index (κ3) is 6.40. The molecule has 1 N–H and O–H groups in total. The zero-order chi connectivity index (χ0) is 32.8. The molecule has 1 aliphatic heterocycles. The Labute approximate surface area is 283 Å². The molecular weight excluding hydrogens is 588 g/mol. The van der Waals surface area contributed by atoms with Gasteiger partial charge in [-0.3, -0.25) is 4.90 Å². The van der Waals surface area contributed by atoms with Gasteiger partial charge in [-0.2, -0.15) is 0 Å². The minimum atomic E-state index is -0.750. The SMILES string of the molecule is Cc1cc(CN(CC2=N[C@H](c3ccccc3)CO2)Cc2ccccc2)c(O)c(C(c2ccccc2)(c2ccccc2)c2ccccc2)c1. The molecule has 6 aromatic carbocycles. The Morgan fingerprint density at radius 1 is 0.646 bits per heavy atom. The van der Waals surface area contributed by atoms with Crippen molar-refractivity contribution in [2.75, 3.05) is 13.2 Å². The van der Waals surface area contributed by atoms with Gasteiger partial charge >= 0.3 is 0 Å². The number of hydrogen-bond donors (Lipinski definition) is 1. The van der Waals surface area contributed by atoms with Crippen molar-refractivity contribution >= 4 is 5.90 Å². The normalized spacial score (nSPS) is 14.5. The summed E-state index contributed by atoms with van der Waals surface area (Å²) in [5.41, 5.74) is 7.69. The van der Waals surface area contributed by atoms with E-state index >= 15 is 0 Å². The molecule has 4 heteroatoms. The highest BCUT2D eigenvalue weighted by atomic mass is 16.5. The minimum Gasteiger partial charge on any atom is -0.507 e. The van der Waals surface area contributed by atoms with Crippen molar-refractivity contribution in [2.24, 2.45) is 4.99 Å². The smallest absolute Gasteiger partial charge is 0.198 e. The van der Waals surface area contributed by atoms with Gasteiger partial charge in [0.25, 0.3) is 0 Å². The first-order valence-corrected chi connectivity index (χ1v) is 16.6. The highest BCUT2D eigenvalue weighted by molar-refractivity contribution is 5.80. The van der Waals surface area contributed by atoms with Crippen molar-refractivity contribution in [3.05, 3.63) is 208 Å². The zero-order valence-corrected chi connectivity index (χ0v) is 27.2. The molecule has 1 heterocycles. The Kier molecular flexibility index (Phi) is 9.17. The quantitative estimate of drug-likeness (QED) is 0.146. The molecule has 0 saturated carbocycles. The van der Waals surface area contributed by atoms with Crippen LogP contribution in [0.1, 0.15) is 50.5 Å².